The average Bonchev–Trinajstić information content (AvgIpc) is 2.82. The van der Waals surface area contributed by atoms with Crippen molar-refractivity contribution in [3.05, 3.63) is 99.0 Å². The van der Waals surface area contributed by atoms with Gasteiger partial charge in [-0.1, -0.05) is 77.3 Å². The zero-order chi connectivity index (χ0) is 24.5. The molecule has 0 bridgehead atoms. The van der Waals surface area contributed by atoms with Gasteiger partial charge >= 0.3 is 0 Å². The summed E-state index contributed by atoms with van der Waals surface area (Å²) < 4.78 is 5.70. The summed E-state index contributed by atoms with van der Waals surface area (Å²) in [6.07, 6.45) is 0.334. The van der Waals surface area contributed by atoms with Crippen LogP contribution >= 0.6 is 34.8 Å². The lowest BCUT2D eigenvalue weighted by molar-refractivity contribution is -0.142. The highest BCUT2D eigenvalue weighted by atomic mass is 35.5. The van der Waals surface area contributed by atoms with Crippen LogP contribution in [0.2, 0.25) is 15.1 Å². The number of benzene rings is 3. The normalized spacial score (nSPS) is 11.5. The van der Waals surface area contributed by atoms with E-state index >= 15 is 0 Å². The van der Waals surface area contributed by atoms with Crippen LogP contribution in [0.3, 0.4) is 0 Å². The Bertz CT molecular complexity index is 1130. The standard InChI is InChI=1S/C26H25Cl3N2O3/c1-2-30-26(33)24(13-18-7-4-3-5-8-18)31(16-19-11-12-21(28)15-23(19)29)25(32)17-34-22-10-6-9-20(27)14-22/h3-12,14-15,24H,2,13,16-17H2,1H3,(H,30,33)/t24-/m1/s1. The minimum atomic E-state index is -0.774. The third-order valence-corrected chi connectivity index (χ3v) is 5.96. The fourth-order valence-electron chi connectivity index (χ4n) is 3.46. The van der Waals surface area contributed by atoms with Crippen molar-refractivity contribution in [3.8, 4) is 5.75 Å². The molecule has 0 aliphatic heterocycles. The van der Waals surface area contributed by atoms with Crippen molar-refractivity contribution in [3.63, 3.8) is 0 Å². The first kappa shape index (κ1) is 25.9. The van der Waals surface area contributed by atoms with Crippen LogP contribution in [0.4, 0.5) is 0 Å². The summed E-state index contributed by atoms with van der Waals surface area (Å²) >= 11 is 18.5. The number of hydrogen-bond donors (Lipinski definition) is 1. The van der Waals surface area contributed by atoms with Gasteiger partial charge in [-0.25, -0.2) is 0 Å². The van der Waals surface area contributed by atoms with Gasteiger partial charge in [0, 0.05) is 34.6 Å². The number of rotatable bonds is 10. The van der Waals surface area contributed by atoms with Crippen molar-refractivity contribution in [1.29, 1.82) is 0 Å². The molecular weight excluding hydrogens is 495 g/mol. The molecule has 1 atom stereocenters. The summed E-state index contributed by atoms with van der Waals surface area (Å²) in [7, 11) is 0. The minimum Gasteiger partial charge on any atom is -0.484 e. The number of halogens is 3. The van der Waals surface area contributed by atoms with Gasteiger partial charge in [0.2, 0.25) is 5.91 Å². The van der Waals surface area contributed by atoms with Crippen molar-refractivity contribution >= 4 is 46.6 Å². The number of likely N-dealkylation sites (N-methyl/N-ethyl adjacent to an activating group) is 1. The van der Waals surface area contributed by atoms with Gasteiger partial charge in [0.05, 0.1) is 0 Å². The molecule has 1 N–H and O–H groups in total. The molecule has 5 nitrogen and oxygen atoms in total. The summed E-state index contributed by atoms with van der Waals surface area (Å²) in [5, 5.41) is 4.24. The molecule has 3 aromatic carbocycles. The van der Waals surface area contributed by atoms with Crippen LogP contribution in [0.5, 0.6) is 5.75 Å². The van der Waals surface area contributed by atoms with Crippen LogP contribution in [0, 0.1) is 0 Å². The molecule has 34 heavy (non-hydrogen) atoms. The highest BCUT2D eigenvalue weighted by Gasteiger charge is 2.31. The highest BCUT2D eigenvalue weighted by Crippen LogP contribution is 2.24. The molecule has 0 aliphatic rings. The van der Waals surface area contributed by atoms with E-state index < -0.39 is 6.04 Å². The van der Waals surface area contributed by atoms with Crippen LogP contribution in [-0.2, 0) is 22.6 Å². The second kappa shape index (κ2) is 12.7. The van der Waals surface area contributed by atoms with E-state index in [9.17, 15) is 9.59 Å². The van der Waals surface area contributed by atoms with E-state index in [-0.39, 0.29) is 25.0 Å². The molecule has 0 heterocycles. The van der Waals surface area contributed by atoms with Crippen molar-refractivity contribution in [2.24, 2.45) is 0 Å². The Morgan fingerprint density at radius 1 is 0.941 bits per heavy atom. The number of hydrogen-bond acceptors (Lipinski definition) is 3. The molecule has 0 saturated heterocycles. The molecule has 3 rings (SSSR count). The fourth-order valence-corrected chi connectivity index (χ4v) is 4.11. The monoisotopic (exact) mass is 518 g/mol. The Hall–Kier alpha value is -2.73. The van der Waals surface area contributed by atoms with Crippen LogP contribution in [0.25, 0.3) is 0 Å². The maximum Gasteiger partial charge on any atom is 0.261 e. The molecule has 3 aromatic rings. The van der Waals surface area contributed by atoms with Crippen molar-refractivity contribution in [2.45, 2.75) is 25.9 Å². The molecule has 0 fully saturated rings. The van der Waals surface area contributed by atoms with E-state index in [1.165, 1.54) is 4.90 Å². The Balaban J connectivity index is 1.92. The van der Waals surface area contributed by atoms with Gasteiger partial charge in [-0.3, -0.25) is 9.59 Å². The van der Waals surface area contributed by atoms with Crippen LogP contribution in [0.1, 0.15) is 18.1 Å². The van der Waals surface area contributed by atoms with E-state index in [1.807, 2.05) is 37.3 Å². The first-order valence-electron chi connectivity index (χ1n) is 10.8. The largest absolute Gasteiger partial charge is 0.484 e. The topological polar surface area (TPSA) is 58.6 Å². The third-order valence-electron chi connectivity index (χ3n) is 5.14. The van der Waals surface area contributed by atoms with Crippen LogP contribution < -0.4 is 10.1 Å². The summed E-state index contributed by atoms with van der Waals surface area (Å²) in [4.78, 5) is 28.1. The first-order chi connectivity index (χ1) is 16.4. The SMILES string of the molecule is CCNC(=O)[C@@H](Cc1ccccc1)N(Cc1ccc(Cl)cc1Cl)C(=O)COc1cccc(Cl)c1. The smallest absolute Gasteiger partial charge is 0.261 e. The number of nitrogens with zero attached hydrogens (tertiary/aromatic N) is 1. The molecule has 0 radical (unpaired) electrons. The lowest BCUT2D eigenvalue weighted by Gasteiger charge is -2.31. The minimum absolute atomic E-state index is 0.113. The van der Waals surface area contributed by atoms with Gasteiger partial charge in [0.1, 0.15) is 11.8 Å². The zero-order valence-corrected chi connectivity index (χ0v) is 20.9. The second-order valence-corrected chi connectivity index (χ2v) is 8.88. The summed E-state index contributed by atoms with van der Waals surface area (Å²) in [6.45, 7) is 2.12. The zero-order valence-electron chi connectivity index (χ0n) is 18.6. The van der Waals surface area contributed by atoms with E-state index in [4.69, 9.17) is 39.5 Å². The average molecular weight is 520 g/mol. The Morgan fingerprint density at radius 2 is 1.68 bits per heavy atom. The third kappa shape index (κ3) is 7.39. The summed E-state index contributed by atoms with van der Waals surface area (Å²) in [6, 6.07) is 20.6. The van der Waals surface area contributed by atoms with Crippen LogP contribution in [0.15, 0.2) is 72.8 Å². The number of amides is 2. The molecule has 2 amide bonds. The molecule has 0 saturated carbocycles. The van der Waals surface area contributed by atoms with Gasteiger partial charge in [-0.15, -0.1) is 0 Å². The lowest BCUT2D eigenvalue weighted by Crippen LogP contribution is -2.51. The summed E-state index contributed by atoms with van der Waals surface area (Å²) in [5.41, 5.74) is 1.60. The van der Waals surface area contributed by atoms with Gasteiger partial charge in [0.15, 0.2) is 6.61 Å². The lowest BCUT2D eigenvalue weighted by atomic mass is 10.0. The molecule has 178 valence electrons. The van der Waals surface area contributed by atoms with E-state index in [0.29, 0.717) is 39.3 Å². The van der Waals surface area contributed by atoms with Gasteiger partial charge < -0.3 is 15.0 Å². The maximum absolute atomic E-state index is 13.4. The first-order valence-corrected chi connectivity index (χ1v) is 11.9. The van der Waals surface area contributed by atoms with Crippen molar-refractivity contribution in [1.82, 2.24) is 10.2 Å². The predicted octanol–water partition coefficient (Wildman–Crippen LogP) is 5.80. The predicted molar refractivity (Wildman–Crippen MR) is 137 cm³/mol. The van der Waals surface area contributed by atoms with Gasteiger partial charge in [-0.05, 0) is 48.4 Å². The Labute approximate surface area is 214 Å². The molecule has 0 aliphatic carbocycles. The van der Waals surface area contributed by atoms with Gasteiger partial charge in [-0.2, -0.15) is 0 Å². The fraction of sp³-hybridized carbons (Fsp3) is 0.231. The van der Waals surface area contributed by atoms with Crippen molar-refractivity contribution in [2.75, 3.05) is 13.2 Å². The van der Waals surface area contributed by atoms with Crippen molar-refractivity contribution < 1.29 is 14.3 Å². The molecule has 0 aromatic heterocycles. The van der Waals surface area contributed by atoms with Gasteiger partial charge in [0.25, 0.3) is 5.91 Å². The van der Waals surface area contributed by atoms with E-state index in [1.54, 1.807) is 42.5 Å². The number of carbonyl (C=O) groups is 2. The summed E-state index contributed by atoms with van der Waals surface area (Å²) in [5.74, 6) is -0.159. The molecular formula is C26H25Cl3N2O3. The number of carbonyl (C=O) groups excluding carboxylic acids is 2. The second-order valence-electron chi connectivity index (χ2n) is 7.60. The van der Waals surface area contributed by atoms with E-state index in [2.05, 4.69) is 5.32 Å². The number of ether oxygens (including phenoxy) is 1. The Morgan fingerprint density at radius 3 is 2.35 bits per heavy atom. The Kier molecular flexibility index (Phi) is 9.63. The maximum atomic E-state index is 13.4. The van der Waals surface area contributed by atoms with Crippen LogP contribution in [-0.4, -0.2) is 35.9 Å². The molecule has 8 heteroatoms. The van der Waals surface area contributed by atoms with E-state index in [0.717, 1.165) is 5.56 Å². The quantitative estimate of drug-likeness (QED) is 0.368. The molecule has 0 unspecified atom stereocenters. The number of nitrogens with one attached hydrogen (secondary N) is 1. The molecule has 0 spiro atoms. The highest BCUT2D eigenvalue weighted by molar-refractivity contribution is 6.35.